The van der Waals surface area contributed by atoms with Gasteiger partial charge in [0.05, 0.1) is 13.3 Å². The summed E-state index contributed by atoms with van der Waals surface area (Å²) in [6.07, 6.45) is 4.24. The molecule has 4 heteroatoms. The van der Waals surface area contributed by atoms with Gasteiger partial charge in [0, 0.05) is 0 Å². The molecule has 0 heterocycles. The number of carbonyl (C=O) groups is 1. The predicted octanol–water partition coefficient (Wildman–Crippen LogP) is 3.59. The van der Waals surface area contributed by atoms with Gasteiger partial charge < -0.3 is 4.74 Å². The topological polar surface area (TPSA) is 26.3 Å². The van der Waals surface area contributed by atoms with E-state index in [0.29, 0.717) is 18.8 Å². The molecule has 0 N–H and O–H groups in total. The summed E-state index contributed by atoms with van der Waals surface area (Å²) in [5.74, 6) is 0.573. The van der Waals surface area contributed by atoms with Crippen molar-refractivity contribution in [3.05, 3.63) is 0 Å². The zero-order chi connectivity index (χ0) is 12.2. The number of thioether (sulfide) groups is 1. The van der Waals surface area contributed by atoms with Crippen LogP contribution in [0.2, 0.25) is 0 Å². The lowest BCUT2D eigenvalue weighted by Crippen LogP contribution is -2.21. The van der Waals surface area contributed by atoms with Crippen molar-refractivity contribution in [1.82, 2.24) is 0 Å². The molecule has 16 heavy (non-hydrogen) atoms. The number of ether oxygens (including phenoxy) is 1. The SMILES string of the molecule is CCCCOC(=O)C(CCC)SCCCF. The van der Waals surface area contributed by atoms with Crippen LogP contribution in [0, 0.1) is 0 Å². The van der Waals surface area contributed by atoms with Gasteiger partial charge in [0.15, 0.2) is 0 Å². The average Bonchev–Trinajstić information content (AvgIpc) is 2.28. The van der Waals surface area contributed by atoms with Crippen LogP contribution in [0.5, 0.6) is 0 Å². The molecular weight excluding hydrogens is 227 g/mol. The lowest BCUT2D eigenvalue weighted by atomic mass is 10.2. The Kier molecular flexibility index (Phi) is 11.1. The summed E-state index contributed by atoms with van der Waals surface area (Å²) in [6, 6.07) is 0. The summed E-state index contributed by atoms with van der Waals surface area (Å²) in [6.45, 7) is 4.31. The van der Waals surface area contributed by atoms with E-state index < -0.39 is 0 Å². The highest BCUT2D eigenvalue weighted by molar-refractivity contribution is 8.00. The van der Waals surface area contributed by atoms with E-state index >= 15 is 0 Å². The van der Waals surface area contributed by atoms with E-state index in [9.17, 15) is 9.18 Å². The number of alkyl halides is 1. The average molecular weight is 250 g/mol. The fourth-order valence-corrected chi connectivity index (χ4v) is 2.39. The first-order valence-corrected chi connectivity index (χ1v) is 7.15. The number of esters is 1. The largest absolute Gasteiger partial charge is 0.465 e. The Balaban J connectivity index is 3.82. The molecule has 0 saturated heterocycles. The molecule has 0 aliphatic carbocycles. The molecule has 0 spiro atoms. The van der Waals surface area contributed by atoms with Gasteiger partial charge in [-0.3, -0.25) is 9.18 Å². The van der Waals surface area contributed by atoms with Crippen LogP contribution in [0.25, 0.3) is 0 Å². The molecule has 0 amide bonds. The molecule has 0 rings (SSSR count). The third kappa shape index (κ3) is 7.97. The first-order valence-electron chi connectivity index (χ1n) is 6.10. The summed E-state index contributed by atoms with van der Waals surface area (Å²) in [5.41, 5.74) is 0. The lowest BCUT2D eigenvalue weighted by molar-refractivity contribution is -0.143. The van der Waals surface area contributed by atoms with Gasteiger partial charge in [0.25, 0.3) is 0 Å². The normalized spacial score (nSPS) is 12.4. The van der Waals surface area contributed by atoms with Crippen molar-refractivity contribution in [3.8, 4) is 0 Å². The van der Waals surface area contributed by atoms with Crippen molar-refractivity contribution in [3.63, 3.8) is 0 Å². The number of halogens is 1. The van der Waals surface area contributed by atoms with E-state index in [1.165, 1.54) is 11.8 Å². The van der Waals surface area contributed by atoms with Gasteiger partial charge in [0.1, 0.15) is 5.25 Å². The van der Waals surface area contributed by atoms with E-state index in [0.717, 1.165) is 25.7 Å². The molecule has 0 aliphatic rings. The smallest absolute Gasteiger partial charge is 0.319 e. The maximum atomic E-state index is 11.9. The van der Waals surface area contributed by atoms with Crippen LogP contribution < -0.4 is 0 Å². The predicted molar refractivity (Wildman–Crippen MR) is 67.6 cm³/mol. The Labute approximate surface area is 102 Å². The third-order valence-corrected chi connectivity index (χ3v) is 3.51. The van der Waals surface area contributed by atoms with E-state index in [2.05, 4.69) is 6.92 Å². The summed E-state index contributed by atoms with van der Waals surface area (Å²) < 4.78 is 17.1. The Morgan fingerprint density at radius 2 is 2.06 bits per heavy atom. The number of hydrogen-bond acceptors (Lipinski definition) is 3. The quantitative estimate of drug-likeness (QED) is 0.438. The van der Waals surface area contributed by atoms with Crippen LogP contribution in [0.4, 0.5) is 4.39 Å². The van der Waals surface area contributed by atoms with Gasteiger partial charge in [-0.05, 0) is 25.0 Å². The van der Waals surface area contributed by atoms with Gasteiger partial charge in [-0.25, -0.2) is 0 Å². The lowest BCUT2D eigenvalue weighted by Gasteiger charge is -2.14. The minimum Gasteiger partial charge on any atom is -0.465 e. The Morgan fingerprint density at radius 3 is 2.62 bits per heavy atom. The third-order valence-electron chi connectivity index (χ3n) is 2.15. The zero-order valence-corrected chi connectivity index (χ0v) is 11.2. The van der Waals surface area contributed by atoms with E-state index in [1.807, 2.05) is 6.92 Å². The van der Waals surface area contributed by atoms with Crippen molar-refractivity contribution in [2.75, 3.05) is 19.0 Å². The van der Waals surface area contributed by atoms with Gasteiger partial charge in [0.2, 0.25) is 0 Å². The van der Waals surface area contributed by atoms with Crippen molar-refractivity contribution in [2.24, 2.45) is 0 Å². The standard InChI is InChI=1S/C12H23FO2S/c1-3-5-9-15-12(14)11(7-4-2)16-10-6-8-13/h11H,3-10H2,1-2H3. The first-order chi connectivity index (χ1) is 7.76. The molecule has 2 nitrogen and oxygen atoms in total. The number of hydrogen-bond donors (Lipinski definition) is 0. The molecule has 0 fully saturated rings. The molecule has 96 valence electrons. The molecule has 0 aliphatic heterocycles. The minimum absolute atomic E-state index is 0.103. The monoisotopic (exact) mass is 250 g/mol. The summed E-state index contributed by atoms with van der Waals surface area (Å²) in [7, 11) is 0. The Morgan fingerprint density at radius 1 is 1.31 bits per heavy atom. The highest BCUT2D eigenvalue weighted by atomic mass is 32.2. The second kappa shape index (κ2) is 11.2. The van der Waals surface area contributed by atoms with Crippen LogP contribution in [0.1, 0.15) is 46.0 Å². The zero-order valence-electron chi connectivity index (χ0n) is 10.3. The Bertz CT molecular complexity index is 176. The molecule has 0 aromatic rings. The van der Waals surface area contributed by atoms with Crippen LogP contribution in [0.3, 0.4) is 0 Å². The molecule has 1 unspecified atom stereocenters. The Hall–Kier alpha value is -0.250. The van der Waals surface area contributed by atoms with Gasteiger partial charge in [-0.1, -0.05) is 26.7 Å². The van der Waals surface area contributed by atoms with E-state index in [-0.39, 0.29) is 17.9 Å². The first kappa shape index (κ1) is 15.8. The summed E-state index contributed by atoms with van der Waals surface area (Å²) >= 11 is 1.52. The fourth-order valence-electron chi connectivity index (χ4n) is 1.22. The van der Waals surface area contributed by atoms with E-state index in [1.54, 1.807) is 0 Å². The molecule has 0 aromatic carbocycles. The number of rotatable bonds is 10. The van der Waals surface area contributed by atoms with Crippen LogP contribution >= 0.6 is 11.8 Å². The second-order valence-electron chi connectivity index (χ2n) is 3.71. The van der Waals surface area contributed by atoms with E-state index in [4.69, 9.17) is 4.74 Å². The molecule has 0 aromatic heterocycles. The van der Waals surface area contributed by atoms with Crippen LogP contribution in [-0.4, -0.2) is 30.3 Å². The minimum atomic E-state index is -0.309. The highest BCUT2D eigenvalue weighted by Gasteiger charge is 2.18. The summed E-state index contributed by atoms with van der Waals surface area (Å²) in [5, 5.41) is -0.103. The highest BCUT2D eigenvalue weighted by Crippen LogP contribution is 2.19. The van der Waals surface area contributed by atoms with Crippen LogP contribution in [-0.2, 0) is 9.53 Å². The van der Waals surface area contributed by atoms with Crippen molar-refractivity contribution in [1.29, 1.82) is 0 Å². The second-order valence-corrected chi connectivity index (χ2v) is 5.02. The number of carbonyl (C=O) groups excluding carboxylic acids is 1. The molecule has 0 saturated carbocycles. The van der Waals surface area contributed by atoms with Gasteiger partial charge >= 0.3 is 5.97 Å². The molecular formula is C12H23FO2S. The van der Waals surface area contributed by atoms with Gasteiger partial charge in [-0.2, -0.15) is 0 Å². The molecule has 1 atom stereocenters. The maximum Gasteiger partial charge on any atom is 0.319 e. The van der Waals surface area contributed by atoms with Crippen LogP contribution in [0.15, 0.2) is 0 Å². The van der Waals surface area contributed by atoms with Crippen molar-refractivity contribution >= 4 is 17.7 Å². The van der Waals surface area contributed by atoms with Crippen molar-refractivity contribution < 1.29 is 13.9 Å². The molecule has 0 bridgehead atoms. The maximum absolute atomic E-state index is 11.9. The number of unbranched alkanes of at least 4 members (excludes halogenated alkanes) is 1. The fraction of sp³-hybridized carbons (Fsp3) is 0.917. The summed E-state index contributed by atoms with van der Waals surface area (Å²) in [4.78, 5) is 11.7. The van der Waals surface area contributed by atoms with Crippen molar-refractivity contribution in [2.45, 2.75) is 51.2 Å². The molecule has 0 radical (unpaired) electrons. The van der Waals surface area contributed by atoms with Gasteiger partial charge in [-0.15, -0.1) is 11.8 Å².